The van der Waals surface area contributed by atoms with E-state index in [0.29, 0.717) is 37.7 Å². The zero-order valence-corrected chi connectivity index (χ0v) is 18.6. The van der Waals surface area contributed by atoms with E-state index in [1.165, 1.54) is 23.1 Å². The van der Waals surface area contributed by atoms with Gasteiger partial charge in [0.2, 0.25) is 5.91 Å². The summed E-state index contributed by atoms with van der Waals surface area (Å²) in [5.41, 5.74) is 2.03. The molecule has 0 aliphatic carbocycles. The predicted octanol–water partition coefficient (Wildman–Crippen LogP) is 5.54. The van der Waals surface area contributed by atoms with Crippen molar-refractivity contribution >= 4 is 68.1 Å². The second kappa shape index (κ2) is 9.22. The Kier molecular flexibility index (Phi) is 6.43. The Morgan fingerprint density at radius 3 is 2.57 bits per heavy atom. The minimum absolute atomic E-state index is 0.0843. The maximum atomic E-state index is 13.0. The molecule has 0 atom stereocenters. The van der Waals surface area contributed by atoms with Gasteiger partial charge < -0.3 is 5.32 Å². The number of thiophene rings is 1. The van der Waals surface area contributed by atoms with Gasteiger partial charge in [0.05, 0.1) is 17.8 Å². The summed E-state index contributed by atoms with van der Waals surface area (Å²) in [6.07, 6.45) is 0. The number of hydrogen-bond donors (Lipinski definition) is 1. The van der Waals surface area contributed by atoms with E-state index in [4.69, 9.17) is 23.2 Å². The van der Waals surface area contributed by atoms with E-state index in [1.807, 2.05) is 41.8 Å². The van der Waals surface area contributed by atoms with Crippen molar-refractivity contribution in [3.63, 3.8) is 0 Å². The second-order valence-electron chi connectivity index (χ2n) is 6.40. The number of amides is 1. The van der Waals surface area contributed by atoms with Gasteiger partial charge in [-0.15, -0.1) is 11.3 Å². The van der Waals surface area contributed by atoms with Crippen LogP contribution in [0.3, 0.4) is 0 Å². The van der Waals surface area contributed by atoms with Gasteiger partial charge in [-0.3, -0.25) is 14.2 Å². The summed E-state index contributed by atoms with van der Waals surface area (Å²) in [6.45, 7) is 0.383. The number of nitrogens with one attached hydrogen (secondary N) is 1. The molecule has 4 rings (SSSR count). The van der Waals surface area contributed by atoms with Crippen LogP contribution in [0.1, 0.15) is 5.56 Å². The van der Waals surface area contributed by atoms with Crippen LogP contribution in [0.5, 0.6) is 0 Å². The zero-order chi connectivity index (χ0) is 21.1. The Morgan fingerprint density at radius 1 is 1.10 bits per heavy atom. The van der Waals surface area contributed by atoms with E-state index in [-0.39, 0.29) is 17.2 Å². The normalized spacial score (nSPS) is 11.0. The Balaban J connectivity index is 1.57. The van der Waals surface area contributed by atoms with Crippen LogP contribution in [0.25, 0.3) is 10.2 Å². The molecule has 2 aromatic heterocycles. The van der Waals surface area contributed by atoms with E-state index < -0.39 is 0 Å². The van der Waals surface area contributed by atoms with Gasteiger partial charge in [0.25, 0.3) is 5.56 Å². The van der Waals surface area contributed by atoms with E-state index in [1.54, 1.807) is 22.8 Å². The average Bonchev–Trinajstić information content (AvgIpc) is 3.17. The van der Waals surface area contributed by atoms with Crippen molar-refractivity contribution < 1.29 is 4.79 Å². The molecule has 0 saturated carbocycles. The molecule has 0 spiro atoms. The molecular weight excluding hydrogens is 461 g/mol. The maximum absolute atomic E-state index is 13.0. The number of nitrogens with zero attached hydrogens (tertiary/aromatic N) is 2. The molecule has 152 valence electrons. The summed E-state index contributed by atoms with van der Waals surface area (Å²) >= 11 is 14.5. The van der Waals surface area contributed by atoms with Crippen LogP contribution in [-0.2, 0) is 11.3 Å². The topological polar surface area (TPSA) is 64.0 Å². The van der Waals surface area contributed by atoms with Gasteiger partial charge in [-0.05, 0) is 35.2 Å². The zero-order valence-electron chi connectivity index (χ0n) is 15.5. The van der Waals surface area contributed by atoms with Crippen molar-refractivity contribution in [2.75, 3.05) is 11.1 Å². The van der Waals surface area contributed by atoms with Crippen LogP contribution < -0.4 is 10.9 Å². The smallest absolute Gasteiger partial charge is 0.272 e. The molecule has 0 bridgehead atoms. The van der Waals surface area contributed by atoms with Gasteiger partial charge in [0, 0.05) is 15.7 Å². The molecule has 9 heteroatoms. The quantitative estimate of drug-likeness (QED) is 0.293. The Labute approximate surface area is 190 Å². The molecule has 0 saturated heterocycles. The highest BCUT2D eigenvalue weighted by atomic mass is 35.5. The maximum Gasteiger partial charge on any atom is 0.272 e. The molecule has 1 N–H and O–H groups in total. The lowest BCUT2D eigenvalue weighted by Gasteiger charge is -2.12. The number of anilines is 1. The lowest BCUT2D eigenvalue weighted by Crippen LogP contribution is -2.24. The fourth-order valence-electron chi connectivity index (χ4n) is 2.89. The van der Waals surface area contributed by atoms with Crippen molar-refractivity contribution in [3.05, 3.63) is 85.9 Å². The van der Waals surface area contributed by atoms with E-state index >= 15 is 0 Å². The largest absolute Gasteiger partial charge is 0.325 e. The third-order valence-corrected chi connectivity index (χ3v) is 6.50. The van der Waals surface area contributed by atoms with E-state index in [9.17, 15) is 9.59 Å². The minimum Gasteiger partial charge on any atom is -0.325 e. The number of fused-ring (bicyclic) bond motifs is 1. The van der Waals surface area contributed by atoms with Crippen LogP contribution in [0.15, 0.2) is 69.9 Å². The van der Waals surface area contributed by atoms with Crippen LogP contribution in [0.2, 0.25) is 10.0 Å². The summed E-state index contributed by atoms with van der Waals surface area (Å²) < 4.78 is 2.22. The first-order chi connectivity index (χ1) is 14.5. The molecule has 0 aliphatic heterocycles. The summed E-state index contributed by atoms with van der Waals surface area (Å²) in [5, 5.41) is 5.98. The fraction of sp³-hybridized carbons (Fsp3) is 0.0952. The molecular formula is C21H15Cl2N3O2S2. The lowest BCUT2D eigenvalue weighted by molar-refractivity contribution is -0.113. The number of benzene rings is 2. The molecule has 1 amide bonds. The first kappa shape index (κ1) is 20.9. The highest BCUT2D eigenvalue weighted by Crippen LogP contribution is 2.24. The second-order valence-corrected chi connectivity index (χ2v) is 9.13. The summed E-state index contributed by atoms with van der Waals surface area (Å²) in [5.74, 6) is -0.162. The van der Waals surface area contributed by atoms with Crippen molar-refractivity contribution in [2.45, 2.75) is 11.7 Å². The highest BCUT2D eigenvalue weighted by Gasteiger charge is 2.15. The van der Waals surface area contributed by atoms with E-state index in [0.717, 1.165) is 5.56 Å². The molecule has 0 radical (unpaired) electrons. The van der Waals surface area contributed by atoms with Gasteiger partial charge in [-0.2, -0.15) is 0 Å². The van der Waals surface area contributed by atoms with Crippen molar-refractivity contribution in [1.29, 1.82) is 0 Å². The van der Waals surface area contributed by atoms with Crippen LogP contribution in [-0.4, -0.2) is 21.2 Å². The Bertz CT molecular complexity index is 1250. The minimum atomic E-state index is -0.246. The summed E-state index contributed by atoms with van der Waals surface area (Å²) in [7, 11) is 0. The Hall–Kier alpha value is -2.32. The fourth-order valence-corrected chi connectivity index (χ4v) is 5.00. The lowest BCUT2D eigenvalue weighted by atomic mass is 10.2. The van der Waals surface area contributed by atoms with Crippen molar-refractivity contribution in [2.24, 2.45) is 0 Å². The standard InChI is InChI=1S/C21H15Cl2N3O2S2/c22-14-8-15(23)10-16(9-14)24-18(27)12-30-21-25-17-6-7-29-19(17)20(28)26(21)11-13-4-2-1-3-5-13/h1-10H,11-12H2,(H,24,27). The molecule has 0 aliphatic rings. The molecule has 2 aromatic carbocycles. The first-order valence-corrected chi connectivity index (χ1v) is 11.5. The van der Waals surface area contributed by atoms with Crippen LogP contribution in [0.4, 0.5) is 5.69 Å². The average molecular weight is 476 g/mol. The SMILES string of the molecule is O=C(CSc1nc2ccsc2c(=O)n1Cc1ccccc1)Nc1cc(Cl)cc(Cl)c1. The molecule has 0 unspecified atom stereocenters. The van der Waals surface area contributed by atoms with Gasteiger partial charge in [0.1, 0.15) is 4.70 Å². The summed E-state index contributed by atoms with van der Waals surface area (Å²) in [6, 6.07) is 16.3. The Morgan fingerprint density at radius 2 is 1.83 bits per heavy atom. The van der Waals surface area contributed by atoms with Crippen molar-refractivity contribution in [3.8, 4) is 0 Å². The van der Waals surface area contributed by atoms with Crippen LogP contribution >= 0.6 is 46.3 Å². The van der Waals surface area contributed by atoms with Crippen LogP contribution in [0, 0.1) is 0 Å². The van der Waals surface area contributed by atoms with Crippen molar-refractivity contribution in [1.82, 2.24) is 9.55 Å². The molecule has 30 heavy (non-hydrogen) atoms. The summed E-state index contributed by atoms with van der Waals surface area (Å²) in [4.78, 5) is 30.1. The monoisotopic (exact) mass is 475 g/mol. The van der Waals surface area contributed by atoms with Gasteiger partial charge in [-0.1, -0.05) is 65.3 Å². The number of hydrogen-bond acceptors (Lipinski definition) is 5. The van der Waals surface area contributed by atoms with Gasteiger partial charge in [0.15, 0.2) is 5.16 Å². The predicted molar refractivity (Wildman–Crippen MR) is 125 cm³/mol. The number of carbonyl (C=O) groups is 1. The van der Waals surface area contributed by atoms with E-state index in [2.05, 4.69) is 10.3 Å². The third kappa shape index (κ3) is 4.87. The number of thioether (sulfide) groups is 1. The molecule has 4 aromatic rings. The molecule has 2 heterocycles. The van der Waals surface area contributed by atoms with Gasteiger partial charge in [-0.25, -0.2) is 4.98 Å². The number of rotatable bonds is 6. The molecule has 0 fully saturated rings. The number of aromatic nitrogens is 2. The van der Waals surface area contributed by atoms with Gasteiger partial charge >= 0.3 is 0 Å². The first-order valence-electron chi connectivity index (χ1n) is 8.90. The number of carbonyl (C=O) groups excluding carboxylic acids is 1. The highest BCUT2D eigenvalue weighted by molar-refractivity contribution is 7.99. The molecule has 5 nitrogen and oxygen atoms in total. The third-order valence-electron chi connectivity index (χ3n) is 4.19. The number of halogens is 2.